The Morgan fingerprint density at radius 3 is 2.37 bits per heavy atom. The predicted octanol–water partition coefficient (Wildman–Crippen LogP) is 4.54. The first kappa shape index (κ1) is 20.1. The number of ether oxygens (including phenoxy) is 1. The molecule has 0 bridgehead atoms. The molecule has 0 radical (unpaired) electrons. The number of hydrogen-bond acceptors (Lipinski definition) is 4. The SMILES string of the molecule is C=C=C(NC(=O)c1ccc(OC)cc1)S/C(=C\C)c1cccc(C(=O)O)c1. The van der Waals surface area contributed by atoms with Gasteiger partial charge in [0.05, 0.1) is 12.7 Å². The smallest absolute Gasteiger partial charge is 0.335 e. The van der Waals surface area contributed by atoms with E-state index in [1.807, 2.05) is 13.0 Å². The number of methoxy groups -OCH3 is 1. The lowest BCUT2D eigenvalue weighted by atomic mass is 10.1. The van der Waals surface area contributed by atoms with Crippen LogP contribution in [0.4, 0.5) is 0 Å². The number of allylic oxidation sites excluding steroid dienone is 1. The standard InChI is InChI=1S/C21H19NO4S/c1-4-18(15-7-6-8-16(13-15)21(24)25)27-19(5-2)22-20(23)14-9-11-17(26-3)12-10-14/h4,6-13H,2H2,1,3H3,(H,22,23)(H,24,25)/b18-4-. The van der Waals surface area contributed by atoms with E-state index >= 15 is 0 Å². The number of thioether (sulfide) groups is 1. The van der Waals surface area contributed by atoms with Crippen LogP contribution >= 0.6 is 11.8 Å². The van der Waals surface area contributed by atoms with E-state index in [1.54, 1.807) is 49.6 Å². The lowest BCUT2D eigenvalue weighted by Gasteiger charge is -2.11. The molecule has 2 aromatic rings. The molecule has 0 saturated heterocycles. The second-order valence-electron chi connectivity index (χ2n) is 5.33. The second kappa shape index (κ2) is 9.48. The van der Waals surface area contributed by atoms with Crippen LogP contribution in [0.1, 0.15) is 33.2 Å². The van der Waals surface area contributed by atoms with Gasteiger partial charge in [-0.1, -0.05) is 42.3 Å². The van der Waals surface area contributed by atoms with E-state index in [9.17, 15) is 9.59 Å². The van der Waals surface area contributed by atoms with Gasteiger partial charge < -0.3 is 15.2 Å². The molecular formula is C21H19NO4S. The number of nitrogens with one attached hydrogen (secondary N) is 1. The Kier molecular flexibility index (Phi) is 7.06. The zero-order valence-electron chi connectivity index (χ0n) is 15.0. The van der Waals surface area contributed by atoms with Gasteiger partial charge in [0, 0.05) is 10.5 Å². The minimum atomic E-state index is -0.996. The van der Waals surface area contributed by atoms with E-state index in [1.165, 1.54) is 17.8 Å². The molecule has 1 amide bonds. The van der Waals surface area contributed by atoms with Crippen LogP contribution in [-0.2, 0) is 0 Å². The van der Waals surface area contributed by atoms with E-state index in [0.29, 0.717) is 16.3 Å². The number of carboxylic acids is 1. The Hall–Kier alpha value is -3.21. The molecule has 0 atom stereocenters. The quantitative estimate of drug-likeness (QED) is 0.689. The molecule has 27 heavy (non-hydrogen) atoms. The maximum atomic E-state index is 12.4. The van der Waals surface area contributed by atoms with Crippen molar-refractivity contribution >= 4 is 28.5 Å². The van der Waals surface area contributed by atoms with Crippen molar-refractivity contribution in [3.63, 3.8) is 0 Å². The molecule has 0 spiro atoms. The summed E-state index contributed by atoms with van der Waals surface area (Å²) in [5.74, 6) is -0.634. The highest BCUT2D eigenvalue weighted by Gasteiger charge is 2.12. The Labute approximate surface area is 162 Å². The van der Waals surface area contributed by atoms with Crippen LogP contribution in [0.3, 0.4) is 0 Å². The zero-order valence-corrected chi connectivity index (χ0v) is 15.8. The van der Waals surface area contributed by atoms with E-state index < -0.39 is 5.97 Å². The number of hydrogen-bond donors (Lipinski definition) is 2. The summed E-state index contributed by atoms with van der Waals surface area (Å²) in [6.07, 6.45) is 1.84. The third-order valence-electron chi connectivity index (χ3n) is 3.61. The summed E-state index contributed by atoms with van der Waals surface area (Å²) in [5.41, 5.74) is 4.11. The third kappa shape index (κ3) is 5.38. The maximum Gasteiger partial charge on any atom is 0.335 e. The fourth-order valence-electron chi connectivity index (χ4n) is 2.22. The van der Waals surface area contributed by atoms with Crippen LogP contribution in [0.5, 0.6) is 5.75 Å². The van der Waals surface area contributed by atoms with Gasteiger partial charge in [-0.15, -0.1) is 0 Å². The fraction of sp³-hybridized carbons (Fsp3) is 0.0952. The number of carboxylic acid groups (broad SMARTS) is 1. The van der Waals surface area contributed by atoms with Gasteiger partial charge in [0.15, 0.2) is 0 Å². The monoisotopic (exact) mass is 381 g/mol. The summed E-state index contributed by atoms with van der Waals surface area (Å²) in [5, 5.41) is 12.3. The number of amides is 1. The van der Waals surface area contributed by atoms with Crippen LogP contribution in [-0.4, -0.2) is 24.1 Å². The van der Waals surface area contributed by atoms with E-state index in [-0.39, 0.29) is 11.5 Å². The average Bonchev–Trinajstić information content (AvgIpc) is 2.71. The summed E-state index contributed by atoms with van der Waals surface area (Å²) in [7, 11) is 1.56. The van der Waals surface area contributed by atoms with Crippen molar-refractivity contribution in [3.8, 4) is 5.75 Å². The molecule has 0 aliphatic carbocycles. The molecule has 0 aromatic heterocycles. The lowest BCUT2D eigenvalue weighted by Crippen LogP contribution is -2.20. The zero-order chi connectivity index (χ0) is 19.8. The molecule has 5 nitrogen and oxygen atoms in total. The fourth-order valence-corrected chi connectivity index (χ4v) is 3.02. The van der Waals surface area contributed by atoms with E-state index in [4.69, 9.17) is 9.84 Å². The molecule has 0 saturated carbocycles. The second-order valence-corrected chi connectivity index (χ2v) is 6.38. The summed E-state index contributed by atoms with van der Waals surface area (Å²) < 4.78 is 5.08. The van der Waals surface area contributed by atoms with Crippen molar-refractivity contribution < 1.29 is 19.4 Å². The molecule has 2 N–H and O–H groups in total. The number of aromatic carboxylic acids is 1. The van der Waals surface area contributed by atoms with Gasteiger partial charge in [0.2, 0.25) is 0 Å². The van der Waals surface area contributed by atoms with E-state index in [0.717, 1.165) is 10.5 Å². The third-order valence-corrected chi connectivity index (χ3v) is 4.75. The van der Waals surface area contributed by atoms with Crippen LogP contribution in [0.25, 0.3) is 4.91 Å². The maximum absolute atomic E-state index is 12.4. The average molecular weight is 381 g/mol. The van der Waals surface area contributed by atoms with Gasteiger partial charge >= 0.3 is 5.97 Å². The van der Waals surface area contributed by atoms with Crippen molar-refractivity contribution in [3.05, 3.63) is 88.6 Å². The molecule has 0 heterocycles. The molecular weight excluding hydrogens is 362 g/mol. The Balaban J connectivity index is 2.15. The van der Waals surface area contributed by atoms with Gasteiger partial charge in [0.25, 0.3) is 5.91 Å². The Morgan fingerprint density at radius 2 is 1.81 bits per heavy atom. The van der Waals surface area contributed by atoms with Crippen molar-refractivity contribution in [2.45, 2.75) is 6.92 Å². The molecule has 138 valence electrons. The van der Waals surface area contributed by atoms with Gasteiger partial charge in [-0.3, -0.25) is 4.79 Å². The molecule has 0 aliphatic heterocycles. The highest BCUT2D eigenvalue weighted by Crippen LogP contribution is 2.32. The van der Waals surface area contributed by atoms with Crippen molar-refractivity contribution in [2.75, 3.05) is 7.11 Å². The molecule has 0 aliphatic rings. The largest absolute Gasteiger partial charge is 0.497 e. The summed E-state index contributed by atoms with van der Waals surface area (Å²) in [6.45, 7) is 5.46. The summed E-state index contributed by atoms with van der Waals surface area (Å²) >= 11 is 1.25. The predicted molar refractivity (Wildman–Crippen MR) is 108 cm³/mol. The lowest BCUT2D eigenvalue weighted by molar-refractivity contribution is 0.0696. The van der Waals surface area contributed by atoms with E-state index in [2.05, 4.69) is 17.6 Å². The molecule has 0 fully saturated rings. The minimum Gasteiger partial charge on any atom is -0.497 e. The highest BCUT2D eigenvalue weighted by molar-refractivity contribution is 8.11. The van der Waals surface area contributed by atoms with Crippen LogP contribution < -0.4 is 10.1 Å². The number of benzene rings is 2. The molecule has 6 heteroatoms. The van der Waals surface area contributed by atoms with Gasteiger partial charge in [-0.05, 0) is 48.9 Å². The van der Waals surface area contributed by atoms with Crippen molar-refractivity contribution in [1.82, 2.24) is 5.32 Å². The molecule has 2 aromatic carbocycles. The topological polar surface area (TPSA) is 75.6 Å². The van der Waals surface area contributed by atoms with Gasteiger partial charge in [-0.2, -0.15) is 0 Å². The van der Waals surface area contributed by atoms with Gasteiger partial charge in [0.1, 0.15) is 10.8 Å². The first-order valence-electron chi connectivity index (χ1n) is 8.01. The van der Waals surface area contributed by atoms with Crippen LogP contribution in [0, 0.1) is 0 Å². The normalized spacial score (nSPS) is 10.7. The van der Waals surface area contributed by atoms with Crippen molar-refractivity contribution in [1.29, 1.82) is 0 Å². The first-order chi connectivity index (χ1) is 13.0. The Bertz CT molecular complexity index is 925. The highest BCUT2D eigenvalue weighted by atomic mass is 32.2. The Morgan fingerprint density at radius 1 is 1.15 bits per heavy atom. The van der Waals surface area contributed by atoms with Crippen LogP contribution in [0.2, 0.25) is 0 Å². The van der Waals surface area contributed by atoms with Crippen molar-refractivity contribution in [2.24, 2.45) is 0 Å². The number of rotatable bonds is 7. The molecule has 0 unspecified atom stereocenters. The summed E-state index contributed by atoms with van der Waals surface area (Å²) in [6, 6.07) is 13.3. The number of carbonyl (C=O) groups is 2. The van der Waals surface area contributed by atoms with Crippen LogP contribution in [0.15, 0.2) is 71.9 Å². The minimum absolute atomic E-state index is 0.193. The summed E-state index contributed by atoms with van der Waals surface area (Å²) in [4.78, 5) is 24.4. The van der Waals surface area contributed by atoms with Gasteiger partial charge in [-0.25, -0.2) is 4.79 Å². The molecule has 2 rings (SSSR count). The first-order valence-corrected chi connectivity index (χ1v) is 8.83. The number of carbonyl (C=O) groups excluding carboxylic acids is 1.